The van der Waals surface area contributed by atoms with Crippen molar-refractivity contribution in [2.45, 2.75) is 13.0 Å². The van der Waals surface area contributed by atoms with E-state index in [1.807, 2.05) is 0 Å². The maximum Gasteiger partial charge on any atom is 0.407 e. The fourth-order valence-corrected chi connectivity index (χ4v) is 0.998. The zero-order chi connectivity index (χ0) is 13.1. The van der Waals surface area contributed by atoms with Gasteiger partial charge in [0.2, 0.25) is 0 Å². The Bertz CT molecular complexity index is 241. The van der Waals surface area contributed by atoms with Gasteiger partial charge in [-0.25, -0.2) is 9.59 Å². The molecule has 0 heterocycles. The third-order valence-corrected chi connectivity index (χ3v) is 1.85. The number of carbonyl (C=O) groups is 2. The van der Waals surface area contributed by atoms with Crippen molar-refractivity contribution in [2.24, 2.45) is 0 Å². The van der Waals surface area contributed by atoms with Crippen LogP contribution < -0.4 is 10.6 Å². The minimum Gasteiger partial charge on any atom is -0.448 e. The Balaban J connectivity index is 3.60. The highest BCUT2D eigenvalue weighted by molar-refractivity contribution is 6.18. The monoisotopic (exact) mass is 286 g/mol. The molecule has 1 unspecified atom stereocenters. The molecule has 2 N–H and O–H groups in total. The lowest BCUT2D eigenvalue weighted by atomic mass is 10.3. The van der Waals surface area contributed by atoms with Crippen LogP contribution in [0, 0.1) is 0 Å². The van der Waals surface area contributed by atoms with Crippen LogP contribution in [0.4, 0.5) is 9.59 Å². The Morgan fingerprint density at radius 2 is 1.65 bits per heavy atom. The largest absolute Gasteiger partial charge is 0.448 e. The van der Waals surface area contributed by atoms with E-state index in [-0.39, 0.29) is 37.6 Å². The summed E-state index contributed by atoms with van der Waals surface area (Å²) in [6.07, 6.45) is -1.15. The Morgan fingerprint density at radius 1 is 1.12 bits per heavy atom. The summed E-state index contributed by atoms with van der Waals surface area (Å²) >= 11 is 10.7. The predicted octanol–water partition coefficient (Wildman–Crippen LogP) is 1.30. The van der Waals surface area contributed by atoms with Gasteiger partial charge in [-0.3, -0.25) is 0 Å². The molecule has 0 spiro atoms. The molecule has 2 amide bonds. The van der Waals surface area contributed by atoms with Crippen molar-refractivity contribution >= 4 is 35.4 Å². The second-order valence-corrected chi connectivity index (χ2v) is 3.83. The van der Waals surface area contributed by atoms with Crippen molar-refractivity contribution in [3.63, 3.8) is 0 Å². The summed E-state index contributed by atoms with van der Waals surface area (Å²) in [6.45, 7) is 2.24. The summed E-state index contributed by atoms with van der Waals surface area (Å²) in [7, 11) is 0. The van der Waals surface area contributed by atoms with Crippen molar-refractivity contribution in [1.29, 1.82) is 0 Å². The number of ether oxygens (including phenoxy) is 2. The lowest BCUT2D eigenvalue weighted by molar-refractivity contribution is 0.144. The number of hydrogen-bond acceptors (Lipinski definition) is 4. The molecular weight excluding hydrogens is 271 g/mol. The fraction of sp³-hybridized carbons (Fsp3) is 0.778. The van der Waals surface area contributed by atoms with Crippen LogP contribution in [0.2, 0.25) is 0 Å². The van der Waals surface area contributed by atoms with Crippen molar-refractivity contribution in [2.75, 3.05) is 31.5 Å². The molecule has 0 aliphatic rings. The second kappa shape index (κ2) is 10.3. The summed E-state index contributed by atoms with van der Waals surface area (Å²) < 4.78 is 9.36. The maximum atomic E-state index is 11.1. The SMILES string of the molecule is CC(CNC(=O)OCCCl)NC(=O)OCCCl. The van der Waals surface area contributed by atoms with Crippen LogP contribution in [0.1, 0.15) is 6.92 Å². The van der Waals surface area contributed by atoms with Gasteiger partial charge in [0.05, 0.1) is 11.8 Å². The standard InChI is InChI=1S/C9H16Cl2N2O4/c1-7(13-9(15)17-5-3-11)6-12-8(14)16-4-2-10/h7H,2-6H2,1H3,(H,12,14)(H,13,15). The van der Waals surface area contributed by atoms with Gasteiger partial charge in [-0.2, -0.15) is 0 Å². The summed E-state index contributed by atoms with van der Waals surface area (Å²) in [5.41, 5.74) is 0. The molecule has 100 valence electrons. The molecule has 0 aromatic carbocycles. The van der Waals surface area contributed by atoms with E-state index in [0.717, 1.165) is 0 Å². The van der Waals surface area contributed by atoms with Gasteiger partial charge in [-0.05, 0) is 6.92 Å². The van der Waals surface area contributed by atoms with Crippen molar-refractivity contribution in [3.8, 4) is 0 Å². The first-order valence-electron chi connectivity index (χ1n) is 5.06. The van der Waals surface area contributed by atoms with E-state index >= 15 is 0 Å². The number of alkyl carbamates (subject to hydrolysis) is 2. The van der Waals surface area contributed by atoms with Crippen LogP contribution >= 0.6 is 23.2 Å². The van der Waals surface area contributed by atoms with Gasteiger partial charge in [-0.15, -0.1) is 23.2 Å². The first-order chi connectivity index (χ1) is 8.10. The highest BCUT2D eigenvalue weighted by Gasteiger charge is 2.09. The molecule has 0 saturated heterocycles. The van der Waals surface area contributed by atoms with Crippen LogP contribution in [0.5, 0.6) is 0 Å². The molecule has 0 aromatic rings. The first kappa shape index (κ1) is 16.1. The van der Waals surface area contributed by atoms with Gasteiger partial charge < -0.3 is 20.1 Å². The third-order valence-electron chi connectivity index (χ3n) is 1.54. The van der Waals surface area contributed by atoms with Gasteiger partial charge in [0, 0.05) is 12.6 Å². The van der Waals surface area contributed by atoms with Gasteiger partial charge in [-0.1, -0.05) is 0 Å². The highest BCUT2D eigenvalue weighted by atomic mass is 35.5. The van der Waals surface area contributed by atoms with E-state index in [0.29, 0.717) is 0 Å². The van der Waals surface area contributed by atoms with Crippen molar-refractivity contribution in [3.05, 3.63) is 0 Å². The smallest absolute Gasteiger partial charge is 0.407 e. The molecule has 0 rings (SSSR count). The topological polar surface area (TPSA) is 76.7 Å². The molecule has 17 heavy (non-hydrogen) atoms. The normalized spacial score (nSPS) is 11.5. The Kier molecular flexibility index (Phi) is 9.75. The number of amides is 2. The highest BCUT2D eigenvalue weighted by Crippen LogP contribution is 1.86. The second-order valence-electron chi connectivity index (χ2n) is 3.08. The number of nitrogens with one attached hydrogen (secondary N) is 2. The zero-order valence-electron chi connectivity index (χ0n) is 9.50. The lowest BCUT2D eigenvalue weighted by Crippen LogP contribution is -2.42. The molecule has 8 heteroatoms. The van der Waals surface area contributed by atoms with Crippen LogP contribution in [-0.2, 0) is 9.47 Å². The van der Waals surface area contributed by atoms with E-state index in [1.54, 1.807) is 6.92 Å². The third kappa shape index (κ3) is 10.0. The Morgan fingerprint density at radius 3 is 2.18 bits per heavy atom. The predicted molar refractivity (Wildman–Crippen MR) is 64.7 cm³/mol. The fourth-order valence-electron chi connectivity index (χ4n) is 0.844. The molecular formula is C9H16Cl2N2O4. The average Bonchev–Trinajstić information content (AvgIpc) is 2.31. The zero-order valence-corrected chi connectivity index (χ0v) is 11.0. The van der Waals surface area contributed by atoms with Crippen molar-refractivity contribution in [1.82, 2.24) is 10.6 Å². The molecule has 0 saturated carbocycles. The maximum absolute atomic E-state index is 11.1. The van der Waals surface area contributed by atoms with E-state index in [2.05, 4.69) is 15.4 Å². The van der Waals surface area contributed by atoms with Crippen molar-refractivity contribution < 1.29 is 19.1 Å². The molecule has 0 fully saturated rings. The van der Waals surface area contributed by atoms with Crippen LogP contribution in [0.3, 0.4) is 0 Å². The van der Waals surface area contributed by atoms with E-state index in [9.17, 15) is 9.59 Å². The van der Waals surface area contributed by atoms with Gasteiger partial charge in [0.15, 0.2) is 0 Å². The number of carbonyl (C=O) groups excluding carboxylic acids is 2. The van der Waals surface area contributed by atoms with Crippen LogP contribution in [0.15, 0.2) is 0 Å². The summed E-state index contributed by atoms with van der Waals surface area (Å²) in [4.78, 5) is 22.1. The van der Waals surface area contributed by atoms with Gasteiger partial charge in [0.25, 0.3) is 0 Å². The first-order valence-corrected chi connectivity index (χ1v) is 6.13. The molecule has 0 aliphatic heterocycles. The average molecular weight is 287 g/mol. The van der Waals surface area contributed by atoms with Crippen LogP contribution in [-0.4, -0.2) is 49.7 Å². The summed E-state index contributed by atoms with van der Waals surface area (Å²) in [5.74, 6) is 0.483. The quantitative estimate of drug-likeness (QED) is 0.692. The van der Waals surface area contributed by atoms with Gasteiger partial charge in [0.1, 0.15) is 13.2 Å². The number of rotatable bonds is 7. The number of hydrogen-bond donors (Lipinski definition) is 2. The molecule has 0 aromatic heterocycles. The Hall–Kier alpha value is -0.880. The summed E-state index contributed by atoms with van der Waals surface area (Å²) in [5, 5.41) is 4.97. The number of halogens is 2. The lowest BCUT2D eigenvalue weighted by Gasteiger charge is -2.14. The van der Waals surface area contributed by atoms with Gasteiger partial charge >= 0.3 is 12.2 Å². The molecule has 0 aliphatic carbocycles. The molecule has 0 bridgehead atoms. The summed E-state index contributed by atoms with van der Waals surface area (Å²) in [6, 6.07) is -0.277. The number of alkyl halides is 2. The van der Waals surface area contributed by atoms with Crippen LogP contribution in [0.25, 0.3) is 0 Å². The van der Waals surface area contributed by atoms with E-state index in [4.69, 9.17) is 27.9 Å². The molecule has 6 nitrogen and oxygen atoms in total. The van der Waals surface area contributed by atoms with E-state index in [1.165, 1.54) is 0 Å². The molecule has 0 radical (unpaired) electrons. The van der Waals surface area contributed by atoms with E-state index < -0.39 is 12.2 Å². The minimum absolute atomic E-state index is 0.144. The Labute approximate surface area is 110 Å². The molecule has 1 atom stereocenters. The minimum atomic E-state index is -0.576.